The lowest BCUT2D eigenvalue weighted by Crippen LogP contribution is -2.32. The van der Waals surface area contributed by atoms with Crippen molar-refractivity contribution in [3.05, 3.63) is 54.1 Å². The van der Waals surface area contributed by atoms with Crippen LogP contribution >= 0.6 is 11.8 Å². The molecule has 0 saturated heterocycles. The molecule has 0 bridgehead atoms. The summed E-state index contributed by atoms with van der Waals surface area (Å²) in [5, 5.41) is 8.09. The van der Waals surface area contributed by atoms with Crippen molar-refractivity contribution in [3.8, 4) is 0 Å². The number of thioether (sulfide) groups is 1. The Morgan fingerprint density at radius 1 is 1.00 bits per heavy atom. The number of anilines is 2. The molecule has 188 valence electrons. The number of fused-ring (bicyclic) bond motifs is 1. The van der Waals surface area contributed by atoms with Crippen LogP contribution in [0.5, 0.6) is 0 Å². The summed E-state index contributed by atoms with van der Waals surface area (Å²) < 4.78 is 37.8. The van der Waals surface area contributed by atoms with Crippen LogP contribution in [0.25, 0.3) is 10.9 Å². The van der Waals surface area contributed by atoms with Crippen molar-refractivity contribution in [2.24, 2.45) is 5.92 Å². The Labute approximate surface area is 208 Å². The highest BCUT2D eigenvalue weighted by molar-refractivity contribution is 8.00. The van der Waals surface area contributed by atoms with Crippen LogP contribution < -0.4 is 15.5 Å². The number of aromatic nitrogens is 2. The number of benzene rings is 2. The van der Waals surface area contributed by atoms with Gasteiger partial charge in [-0.3, -0.25) is 0 Å². The Kier molecular flexibility index (Phi) is 8.38. The molecule has 0 atom stereocenters. The summed E-state index contributed by atoms with van der Waals surface area (Å²) in [4.78, 5) is 11.7. The van der Waals surface area contributed by atoms with Crippen molar-refractivity contribution in [2.75, 3.05) is 37.4 Å². The van der Waals surface area contributed by atoms with Gasteiger partial charge in [-0.1, -0.05) is 24.3 Å². The molecule has 0 aliphatic heterocycles. The molecule has 0 unspecified atom stereocenters. The van der Waals surface area contributed by atoms with E-state index in [4.69, 9.17) is 9.97 Å². The van der Waals surface area contributed by atoms with Gasteiger partial charge in [-0.25, -0.2) is 4.98 Å². The molecule has 0 radical (unpaired) electrons. The SMILES string of the molecule is CN(C)c1nc(N[C@H]2CC[C@@H](CNCCc3cccc(SC(F)(F)F)c3)CC2)nc2ccccc12. The molecule has 1 heterocycles. The van der Waals surface area contributed by atoms with Crippen molar-refractivity contribution in [1.82, 2.24) is 15.3 Å². The Balaban J connectivity index is 1.21. The first-order valence-corrected chi connectivity index (χ1v) is 12.8. The normalized spacial score (nSPS) is 18.5. The van der Waals surface area contributed by atoms with Gasteiger partial charge in [0.25, 0.3) is 0 Å². The first-order chi connectivity index (χ1) is 16.8. The monoisotopic (exact) mass is 503 g/mol. The minimum absolute atomic E-state index is 0.0577. The van der Waals surface area contributed by atoms with Gasteiger partial charge >= 0.3 is 5.51 Å². The molecule has 5 nitrogen and oxygen atoms in total. The van der Waals surface area contributed by atoms with Crippen LogP contribution in [-0.4, -0.2) is 48.7 Å². The van der Waals surface area contributed by atoms with Gasteiger partial charge < -0.3 is 15.5 Å². The minimum atomic E-state index is -4.25. The zero-order chi connectivity index (χ0) is 24.8. The smallest absolute Gasteiger partial charge is 0.362 e. The molecular weight excluding hydrogens is 471 g/mol. The fourth-order valence-electron chi connectivity index (χ4n) is 4.60. The van der Waals surface area contributed by atoms with E-state index in [2.05, 4.69) is 10.6 Å². The van der Waals surface area contributed by atoms with E-state index >= 15 is 0 Å². The van der Waals surface area contributed by atoms with Crippen LogP contribution in [0, 0.1) is 5.92 Å². The van der Waals surface area contributed by atoms with E-state index in [1.165, 1.54) is 6.07 Å². The van der Waals surface area contributed by atoms with E-state index in [9.17, 15) is 13.2 Å². The molecule has 0 amide bonds. The number of alkyl halides is 3. The Morgan fingerprint density at radius 3 is 2.51 bits per heavy atom. The third kappa shape index (κ3) is 7.48. The molecule has 9 heteroatoms. The second-order valence-corrected chi connectivity index (χ2v) is 10.4. The van der Waals surface area contributed by atoms with Crippen LogP contribution in [0.1, 0.15) is 31.2 Å². The average Bonchev–Trinajstić information content (AvgIpc) is 2.81. The number of hydrogen-bond donors (Lipinski definition) is 2. The first kappa shape index (κ1) is 25.6. The Bertz CT molecular complexity index is 1110. The second kappa shape index (κ2) is 11.5. The first-order valence-electron chi connectivity index (χ1n) is 12.0. The van der Waals surface area contributed by atoms with Gasteiger partial charge in [0, 0.05) is 30.4 Å². The minimum Gasteiger partial charge on any atom is -0.362 e. The second-order valence-electron chi connectivity index (χ2n) is 9.29. The third-order valence-electron chi connectivity index (χ3n) is 6.34. The number of hydrogen-bond acceptors (Lipinski definition) is 6. The highest BCUT2D eigenvalue weighted by Gasteiger charge is 2.29. The molecule has 2 aromatic carbocycles. The van der Waals surface area contributed by atoms with E-state index in [1.54, 1.807) is 12.1 Å². The maximum absolute atomic E-state index is 12.6. The maximum atomic E-state index is 12.6. The quantitative estimate of drug-likeness (QED) is 0.271. The van der Waals surface area contributed by atoms with Crippen molar-refractivity contribution < 1.29 is 13.2 Å². The van der Waals surface area contributed by atoms with E-state index in [-0.39, 0.29) is 16.7 Å². The fourth-order valence-corrected chi connectivity index (χ4v) is 5.22. The van der Waals surface area contributed by atoms with E-state index < -0.39 is 5.51 Å². The number of nitrogens with zero attached hydrogens (tertiary/aromatic N) is 3. The molecule has 2 N–H and O–H groups in total. The van der Waals surface area contributed by atoms with Gasteiger partial charge in [0.2, 0.25) is 5.95 Å². The number of nitrogens with one attached hydrogen (secondary N) is 2. The Morgan fingerprint density at radius 2 is 1.77 bits per heavy atom. The zero-order valence-corrected chi connectivity index (χ0v) is 20.9. The van der Waals surface area contributed by atoms with Crippen molar-refractivity contribution in [1.29, 1.82) is 0 Å². The summed E-state index contributed by atoms with van der Waals surface area (Å²) >= 11 is -0.0577. The zero-order valence-electron chi connectivity index (χ0n) is 20.1. The molecule has 1 aromatic heterocycles. The summed E-state index contributed by atoms with van der Waals surface area (Å²) in [6.07, 6.45) is 5.09. The maximum Gasteiger partial charge on any atom is 0.446 e. The lowest BCUT2D eigenvalue weighted by Gasteiger charge is -2.29. The Hall–Kier alpha value is -2.52. The summed E-state index contributed by atoms with van der Waals surface area (Å²) in [7, 11) is 3.99. The van der Waals surface area contributed by atoms with Gasteiger partial charge in [-0.05, 0) is 92.7 Å². The van der Waals surface area contributed by atoms with Crippen molar-refractivity contribution >= 4 is 34.4 Å². The predicted octanol–water partition coefficient (Wildman–Crippen LogP) is 6.11. The van der Waals surface area contributed by atoms with Crippen LogP contribution in [0.15, 0.2) is 53.4 Å². The molecule has 4 rings (SSSR count). The molecule has 35 heavy (non-hydrogen) atoms. The van der Waals surface area contributed by atoms with E-state index in [0.717, 1.165) is 67.5 Å². The molecule has 1 aliphatic rings. The van der Waals surface area contributed by atoms with Gasteiger partial charge in [-0.15, -0.1) is 0 Å². The van der Waals surface area contributed by atoms with Crippen LogP contribution in [-0.2, 0) is 6.42 Å². The highest BCUT2D eigenvalue weighted by Crippen LogP contribution is 2.37. The number of rotatable bonds is 9. The van der Waals surface area contributed by atoms with Gasteiger partial charge in [0.05, 0.1) is 5.52 Å². The van der Waals surface area contributed by atoms with Gasteiger partial charge in [-0.2, -0.15) is 18.2 Å². The largest absolute Gasteiger partial charge is 0.446 e. The summed E-state index contributed by atoms with van der Waals surface area (Å²) in [6, 6.07) is 15.1. The number of para-hydroxylation sites is 1. The standard InChI is InChI=1S/C26H32F3N5S/c1-34(2)24-22-8-3-4-9-23(22)32-25(33-24)31-20-12-10-19(11-13-20)17-30-15-14-18-6-5-7-21(16-18)35-26(27,28)29/h3-9,16,19-20,30H,10-15,17H2,1-2H3,(H,31,32,33)/t19-,20+. The lowest BCUT2D eigenvalue weighted by molar-refractivity contribution is -0.0328. The van der Waals surface area contributed by atoms with Crippen molar-refractivity contribution in [2.45, 2.75) is 48.5 Å². The van der Waals surface area contributed by atoms with Gasteiger partial charge in [0.15, 0.2) is 0 Å². The summed E-state index contributed by atoms with van der Waals surface area (Å²) in [6.45, 7) is 1.69. The van der Waals surface area contributed by atoms with Crippen molar-refractivity contribution in [3.63, 3.8) is 0 Å². The summed E-state index contributed by atoms with van der Waals surface area (Å²) in [5.41, 5.74) is -2.39. The van der Waals surface area contributed by atoms with E-state index in [0.29, 0.717) is 17.9 Å². The van der Waals surface area contributed by atoms with E-state index in [1.807, 2.05) is 49.3 Å². The summed E-state index contributed by atoms with van der Waals surface area (Å²) in [5.74, 6) is 2.20. The molecule has 1 aliphatic carbocycles. The average molecular weight is 504 g/mol. The van der Waals surface area contributed by atoms with Gasteiger partial charge in [0.1, 0.15) is 5.82 Å². The molecule has 1 fully saturated rings. The highest BCUT2D eigenvalue weighted by atomic mass is 32.2. The van der Waals surface area contributed by atoms with Crippen LogP contribution in [0.2, 0.25) is 0 Å². The molecule has 1 saturated carbocycles. The fraction of sp³-hybridized carbons (Fsp3) is 0.462. The van der Waals surface area contributed by atoms with Crippen LogP contribution in [0.4, 0.5) is 24.9 Å². The lowest BCUT2D eigenvalue weighted by atomic mass is 9.86. The molecule has 3 aromatic rings. The topological polar surface area (TPSA) is 53.1 Å². The molecule has 0 spiro atoms. The number of halogens is 3. The predicted molar refractivity (Wildman–Crippen MR) is 138 cm³/mol. The third-order valence-corrected chi connectivity index (χ3v) is 7.06. The molecular formula is C26H32F3N5S. The van der Waals surface area contributed by atoms with Crippen LogP contribution in [0.3, 0.4) is 0 Å².